The molecule has 0 radical (unpaired) electrons. The van der Waals surface area contributed by atoms with E-state index in [9.17, 15) is 4.79 Å². The lowest BCUT2D eigenvalue weighted by atomic mass is 9.64. The van der Waals surface area contributed by atoms with Gasteiger partial charge in [0.2, 0.25) is 0 Å². The molecule has 2 rings (SSSR count). The van der Waals surface area contributed by atoms with Crippen LogP contribution in [-0.4, -0.2) is 25.7 Å². The number of ether oxygens (including phenoxy) is 1. The highest BCUT2D eigenvalue weighted by atomic mass is 35.5. The van der Waals surface area contributed by atoms with Gasteiger partial charge in [0.15, 0.2) is 0 Å². The SMILES string of the molecule is COC(=O)C[C@]12CCCC[C@@H]1NCCC2.Cl. The van der Waals surface area contributed by atoms with E-state index in [-0.39, 0.29) is 23.8 Å². The third-order valence-corrected chi connectivity index (χ3v) is 4.12. The van der Waals surface area contributed by atoms with Crippen molar-refractivity contribution in [1.82, 2.24) is 5.32 Å². The summed E-state index contributed by atoms with van der Waals surface area (Å²) in [7, 11) is 1.49. The van der Waals surface area contributed by atoms with Crippen LogP contribution in [0.15, 0.2) is 0 Å². The van der Waals surface area contributed by atoms with Crippen LogP contribution >= 0.6 is 12.4 Å². The molecule has 0 aromatic rings. The van der Waals surface area contributed by atoms with Gasteiger partial charge < -0.3 is 10.1 Å². The highest BCUT2D eigenvalue weighted by Gasteiger charge is 2.43. The fraction of sp³-hybridized carbons (Fsp3) is 0.917. The number of methoxy groups -OCH3 is 1. The van der Waals surface area contributed by atoms with Gasteiger partial charge in [-0.2, -0.15) is 0 Å². The Kier molecular flexibility index (Phi) is 5.06. The van der Waals surface area contributed by atoms with Crippen LogP contribution in [0, 0.1) is 5.41 Å². The molecule has 1 heterocycles. The Morgan fingerprint density at radius 2 is 2.12 bits per heavy atom. The molecule has 1 saturated carbocycles. The minimum atomic E-state index is -0.0365. The maximum Gasteiger partial charge on any atom is 0.306 e. The van der Waals surface area contributed by atoms with Crippen molar-refractivity contribution in [3.8, 4) is 0 Å². The van der Waals surface area contributed by atoms with Crippen molar-refractivity contribution in [3.05, 3.63) is 0 Å². The van der Waals surface area contributed by atoms with Crippen LogP contribution in [0.1, 0.15) is 44.9 Å². The molecule has 0 aromatic carbocycles. The molecule has 1 aliphatic heterocycles. The van der Waals surface area contributed by atoms with Crippen LogP contribution in [0.25, 0.3) is 0 Å². The maximum atomic E-state index is 11.5. The van der Waals surface area contributed by atoms with Gasteiger partial charge in [0, 0.05) is 6.04 Å². The van der Waals surface area contributed by atoms with E-state index in [1.165, 1.54) is 45.6 Å². The quantitative estimate of drug-likeness (QED) is 0.761. The summed E-state index contributed by atoms with van der Waals surface area (Å²) in [5, 5.41) is 3.58. The first-order valence-electron chi connectivity index (χ1n) is 6.07. The number of hydrogen-bond donors (Lipinski definition) is 1. The molecule has 4 heteroatoms. The Hall–Kier alpha value is -0.280. The molecule has 0 spiro atoms. The van der Waals surface area contributed by atoms with Gasteiger partial charge in [-0.3, -0.25) is 4.79 Å². The molecule has 0 amide bonds. The zero-order valence-corrected chi connectivity index (χ0v) is 10.8. The van der Waals surface area contributed by atoms with Crippen molar-refractivity contribution in [2.75, 3.05) is 13.7 Å². The molecule has 0 bridgehead atoms. The van der Waals surface area contributed by atoms with Crippen LogP contribution in [0.4, 0.5) is 0 Å². The van der Waals surface area contributed by atoms with Crippen molar-refractivity contribution < 1.29 is 9.53 Å². The molecule has 0 aromatic heterocycles. The van der Waals surface area contributed by atoms with Crippen molar-refractivity contribution in [1.29, 1.82) is 0 Å². The third kappa shape index (κ3) is 2.69. The van der Waals surface area contributed by atoms with E-state index in [1.54, 1.807) is 0 Å². The van der Waals surface area contributed by atoms with Crippen LogP contribution in [0.3, 0.4) is 0 Å². The fourth-order valence-electron chi connectivity index (χ4n) is 3.30. The number of nitrogens with one attached hydrogen (secondary N) is 1. The first kappa shape index (κ1) is 13.8. The molecule has 1 aliphatic carbocycles. The molecule has 16 heavy (non-hydrogen) atoms. The van der Waals surface area contributed by atoms with Gasteiger partial charge in [-0.25, -0.2) is 0 Å². The summed E-state index contributed by atoms with van der Waals surface area (Å²) < 4.78 is 4.83. The van der Waals surface area contributed by atoms with E-state index in [0.29, 0.717) is 12.5 Å². The second kappa shape index (κ2) is 5.87. The first-order chi connectivity index (χ1) is 7.27. The highest BCUT2D eigenvalue weighted by Crippen LogP contribution is 2.45. The molecular formula is C12H22ClNO2. The summed E-state index contributed by atoms with van der Waals surface area (Å²) in [6, 6.07) is 0.555. The molecule has 1 saturated heterocycles. The number of esters is 1. The van der Waals surface area contributed by atoms with E-state index in [1.807, 2.05) is 0 Å². The predicted octanol–water partition coefficient (Wildman–Crippen LogP) is 2.28. The first-order valence-corrected chi connectivity index (χ1v) is 6.07. The van der Waals surface area contributed by atoms with Crippen LogP contribution in [0.2, 0.25) is 0 Å². The summed E-state index contributed by atoms with van der Waals surface area (Å²) in [6.07, 6.45) is 8.01. The molecule has 2 fully saturated rings. The van der Waals surface area contributed by atoms with E-state index >= 15 is 0 Å². The zero-order chi connectivity index (χ0) is 10.7. The second-order valence-corrected chi connectivity index (χ2v) is 4.97. The van der Waals surface area contributed by atoms with Crippen LogP contribution in [-0.2, 0) is 9.53 Å². The lowest BCUT2D eigenvalue weighted by Gasteiger charge is -2.47. The minimum absolute atomic E-state index is 0. The number of halogens is 1. The van der Waals surface area contributed by atoms with Gasteiger partial charge in [-0.05, 0) is 37.6 Å². The topological polar surface area (TPSA) is 38.3 Å². The monoisotopic (exact) mass is 247 g/mol. The minimum Gasteiger partial charge on any atom is -0.469 e. The number of carbonyl (C=O) groups is 1. The summed E-state index contributed by atoms with van der Waals surface area (Å²) in [5.41, 5.74) is 0.212. The average Bonchev–Trinajstić information content (AvgIpc) is 2.28. The Labute approximate surface area is 104 Å². The van der Waals surface area contributed by atoms with Crippen LogP contribution < -0.4 is 5.32 Å². The third-order valence-electron chi connectivity index (χ3n) is 4.12. The summed E-state index contributed by atoms with van der Waals surface area (Å²) >= 11 is 0. The van der Waals surface area contributed by atoms with Gasteiger partial charge >= 0.3 is 5.97 Å². The van der Waals surface area contributed by atoms with Gasteiger partial charge in [0.1, 0.15) is 0 Å². The summed E-state index contributed by atoms with van der Waals surface area (Å²) in [5.74, 6) is -0.0365. The zero-order valence-electron chi connectivity index (χ0n) is 9.96. The molecule has 3 nitrogen and oxygen atoms in total. The molecule has 94 valence electrons. The van der Waals surface area contributed by atoms with Gasteiger partial charge in [-0.15, -0.1) is 12.4 Å². The predicted molar refractivity (Wildman–Crippen MR) is 65.8 cm³/mol. The Balaban J connectivity index is 0.00000128. The van der Waals surface area contributed by atoms with Crippen molar-refractivity contribution in [2.24, 2.45) is 5.41 Å². The highest BCUT2D eigenvalue weighted by molar-refractivity contribution is 5.85. The fourth-order valence-corrected chi connectivity index (χ4v) is 3.30. The Morgan fingerprint density at radius 3 is 2.88 bits per heavy atom. The smallest absolute Gasteiger partial charge is 0.306 e. The van der Waals surface area contributed by atoms with E-state index < -0.39 is 0 Å². The lowest BCUT2D eigenvalue weighted by Crippen LogP contribution is -2.52. The average molecular weight is 248 g/mol. The number of fused-ring (bicyclic) bond motifs is 1. The van der Waals surface area contributed by atoms with Gasteiger partial charge in [0.05, 0.1) is 13.5 Å². The van der Waals surface area contributed by atoms with E-state index in [2.05, 4.69) is 5.32 Å². The summed E-state index contributed by atoms with van der Waals surface area (Å²) in [6.45, 7) is 1.12. The molecule has 1 N–H and O–H groups in total. The molecule has 2 aliphatic rings. The van der Waals surface area contributed by atoms with Gasteiger partial charge in [-0.1, -0.05) is 12.8 Å². The standard InChI is InChI=1S/C12H21NO2.ClH/c1-15-11(14)9-12-6-3-2-5-10(12)13-8-4-7-12;/h10,13H,2-9H2,1H3;1H/t10-,12+;/m0./s1. The molecule has 2 atom stereocenters. The van der Waals surface area contributed by atoms with Crippen molar-refractivity contribution >= 4 is 18.4 Å². The number of rotatable bonds is 2. The second-order valence-electron chi connectivity index (χ2n) is 4.97. The number of piperidine rings is 1. The normalized spacial score (nSPS) is 33.4. The largest absolute Gasteiger partial charge is 0.469 e. The number of carbonyl (C=O) groups excluding carboxylic acids is 1. The maximum absolute atomic E-state index is 11.5. The van der Waals surface area contributed by atoms with E-state index in [0.717, 1.165) is 6.54 Å². The number of hydrogen-bond acceptors (Lipinski definition) is 3. The lowest BCUT2D eigenvalue weighted by molar-refractivity contribution is -0.145. The Morgan fingerprint density at radius 1 is 1.38 bits per heavy atom. The van der Waals surface area contributed by atoms with E-state index in [4.69, 9.17) is 4.74 Å². The molecular weight excluding hydrogens is 226 g/mol. The van der Waals surface area contributed by atoms with Crippen LogP contribution in [0.5, 0.6) is 0 Å². The van der Waals surface area contributed by atoms with Crippen molar-refractivity contribution in [2.45, 2.75) is 51.0 Å². The van der Waals surface area contributed by atoms with Gasteiger partial charge in [0.25, 0.3) is 0 Å². The summed E-state index contributed by atoms with van der Waals surface area (Å²) in [4.78, 5) is 11.5. The van der Waals surface area contributed by atoms with Crippen molar-refractivity contribution in [3.63, 3.8) is 0 Å². The Bertz CT molecular complexity index is 233. The molecule has 0 unspecified atom stereocenters.